The maximum Gasteiger partial charge on any atom is 0.408 e. The molecule has 0 aliphatic rings. The number of aliphatic hydroxyl groups excluding tert-OH is 1. The minimum Gasteiger partial charge on any atom is -0.480 e. The predicted octanol–water partition coefficient (Wildman–Crippen LogP) is 0.747. The van der Waals surface area contributed by atoms with E-state index in [9.17, 15) is 9.59 Å². The number of aliphatic hydroxyl groups is 1. The number of hydrogen-bond donors (Lipinski definition) is 3. The molecule has 6 nitrogen and oxygen atoms in total. The van der Waals surface area contributed by atoms with Crippen LogP contribution >= 0.6 is 0 Å². The summed E-state index contributed by atoms with van der Waals surface area (Å²) < 4.78 is 4.83. The summed E-state index contributed by atoms with van der Waals surface area (Å²) in [7, 11) is 0. The second-order valence-electron chi connectivity index (χ2n) is 3.76. The number of hydrogen-bond acceptors (Lipinski definition) is 4. The van der Waals surface area contributed by atoms with Crippen molar-refractivity contribution in [3.63, 3.8) is 0 Å². The number of carboxylic acids is 1. The van der Waals surface area contributed by atoms with Crippen molar-refractivity contribution < 1.29 is 24.5 Å². The lowest BCUT2D eigenvalue weighted by Gasteiger charge is -2.16. The van der Waals surface area contributed by atoms with Gasteiger partial charge in [0.25, 0.3) is 0 Å². The number of ether oxygens (including phenoxy) is 1. The molecule has 2 atom stereocenters. The molecule has 18 heavy (non-hydrogen) atoms. The summed E-state index contributed by atoms with van der Waals surface area (Å²) in [5, 5.41) is 20.0. The lowest BCUT2D eigenvalue weighted by Crippen LogP contribution is -2.47. The number of benzene rings is 1. The largest absolute Gasteiger partial charge is 0.480 e. The van der Waals surface area contributed by atoms with Crippen molar-refractivity contribution in [2.24, 2.45) is 0 Å². The van der Waals surface area contributed by atoms with E-state index in [0.29, 0.717) is 0 Å². The third-order valence-electron chi connectivity index (χ3n) is 2.23. The van der Waals surface area contributed by atoms with Gasteiger partial charge in [-0.3, -0.25) is 0 Å². The van der Waals surface area contributed by atoms with Crippen molar-refractivity contribution in [1.29, 1.82) is 0 Å². The van der Waals surface area contributed by atoms with E-state index in [1.807, 2.05) is 6.07 Å². The van der Waals surface area contributed by atoms with E-state index >= 15 is 0 Å². The van der Waals surface area contributed by atoms with Crippen molar-refractivity contribution in [3.05, 3.63) is 35.9 Å². The number of nitrogens with one attached hydrogen (secondary N) is 1. The van der Waals surface area contributed by atoms with Crippen LogP contribution in [0, 0.1) is 0 Å². The average molecular weight is 253 g/mol. The Morgan fingerprint density at radius 2 is 1.94 bits per heavy atom. The van der Waals surface area contributed by atoms with Crippen LogP contribution in [0.4, 0.5) is 4.79 Å². The molecular formula is C12H15NO5. The lowest BCUT2D eigenvalue weighted by atomic mass is 10.2. The number of carbonyl (C=O) groups is 2. The highest BCUT2D eigenvalue weighted by molar-refractivity contribution is 5.80. The molecule has 0 saturated heterocycles. The highest BCUT2D eigenvalue weighted by Crippen LogP contribution is 2.01. The molecule has 3 N–H and O–H groups in total. The first kappa shape index (κ1) is 14.0. The molecule has 0 spiro atoms. The summed E-state index contributed by atoms with van der Waals surface area (Å²) in [5.41, 5.74) is 0.788. The minimum absolute atomic E-state index is 0.0405. The molecule has 1 amide bonds. The van der Waals surface area contributed by atoms with E-state index in [0.717, 1.165) is 5.56 Å². The van der Waals surface area contributed by atoms with Crippen LogP contribution in [0.5, 0.6) is 0 Å². The van der Waals surface area contributed by atoms with Crippen LogP contribution in [-0.2, 0) is 16.1 Å². The Bertz CT molecular complexity index is 404. The highest BCUT2D eigenvalue weighted by atomic mass is 16.5. The first-order chi connectivity index (χ1) is 8.50. The van der Waals surface area contributed by atoms with Crippen LogP contribution in [0.3, 0.4) is 0 Å². The number of carbonyl (C=O) groups excluding carboxylic acids is 1. The molecule has 1 aromatic rings. The first-order valence-electron chi connectivity index (χ1n) is 5.39. The predicted molar refractivity (Wildman–Crippen MR) is 62.9 cm³/mol. The number of alkyl carbamates (subject to hydrolysis) is 1. The molecule has 0 radical (unpaired) electrons. The molecule has 0 heterocycles. The Hall–Kier alpha value is -2.08. The van der Waals surface area contributed by atoms with E-state index < -0.39 is 24.2 Å². The van der Waals surface area contributed by atoms with Gasteiger partial charge in [-0.25, -0.2) is 9.59 Å². The average Bonchev–Trinajstić information content (AvgIpc) is 2.34. The van der Waals surface area contributed by atoms with Gasteiger partial charge >= 0.3 is 12.1 Å². The van der Waals surface area contributed by atoms with E-state index in [1.54, 1.807) is 24.3 Å². The highest BCUT2D eigenvalue weighted by Gasteiger charge is 2.25. The first-order valence-corrected chi connectivity index (χ1v) is 5.39. The van der Waals surface area contributed by atoms with Gasteiger partial charge in [0, 0.05) is 0 Å². The van der Waals surface area contributed by atoms with Crippen molar-refractivity contribution >= 4 is 12.1 Å². The zero-order chi connectivity index (χ0) is 13.5. The molecule has 0 aliphatic heterocycles. The molecule has 1 rings (SSSR count). The van der Waals surface area contributed by atoms with Gasteiger partial charge in [0.15, 0.2) is 6.04 Å². The van der Waals surface area contributed by atoms with Crippen LogP contribution in [0.15, 0.2) is 30.3 Å². The lowest BCUT2D eigenvalue weighted by molar-refractivity contribution is -0.142. The third-order valence-corrected chi connectivity index (χ3v) is 2.23. The van der Waals surface area contributed by atoms with Crippen LogP contribution in [-0.4, -0.2) is 34.4 Å². The Morgan fingerprint density at radius 3 is 2.44 bits per heavy atom. The second kappa shape index (κ2) is 6.61. The van der Waals surface area contributed by atoms with Crippen LogP contribution < -0.4 is 5.32 Å². The van der Waals surface area contributed by atoms with Gasteiger partial charge in [-0.05, 0) is 12.5 Å². The van der Waals surface area contributed by atoms with Crippen molar-refractivity contribution in [1.82, 2.24) is 5.32 Å². The van der Waals surface area contributed by atoms with Crippen molar-refractivity contribution in [2.45, 2.75) is 25.7 Å². The standard InChI is InChI=1S/C12H15NO5/c1-8(14)10(11(15)16)13-12(17)18-7-9-5-3-2-4-6-9/h2-6,8,10,14H,7H2,1H3,(H,13,17)(H,15,16)/t8-,10?/m1/s1. The topological polar surface area (TPSA) is 95.9 Å². The van der Waals surface area contributed by atoms with E-state index in [1.165, 1.54) is 6.92 Å². The molecule has 1 unspecified atom stereocenters. The smallest absolute Gasteiger partial charge is 0.408 e. The van der Waals surface area contributed by atoms with Crippen LogP contribution in [0.1, 0.15) is 12.5 Å². The van der Waals surface area contributed by atoms with Gasteiger partial charge in [-0.15, -0.1) is 0 Å². The molecule has 6 heteroatoms. The Balaban J connectivity index is 2.44. The summed E-state index contributed by atoms with van der Waals surface area (Å²) in [6, 6.07) is 7.59. The fraction of sp³-hybridized carbons (Fsp3) is 0.333. The van der Waals surface area contributed by atoms with Gasteiger partial charge in [-0.1, -0.05) is 30.3 Å². The number of rotatable bonds is 5. The zero-order valence-electron chi connectivity index (χ0n) is 9.87. The quantitative estimate of drug-likeness (QED) is 0.719. The third kappa shape index (κ3) is 4.42. The molecule has 0 saturated carbocycles. The Morgan fingerprint density at radius 1 is 1.33 bits per heavy atom. The number of aliphatic carboxylic acids is 1. The normalized spacial score (nSPS) is 13.4. The van der Waals surface area contributed by atoms with Gasteiger partial charge in [0.05, 0.1) is 6.10 Å². The SMILES string of the molecule is C[C@@H](O)C(NC(=O)OCc1ccccc1)C(=O)O. The maximum atomic E-state index is 11.3. The summed E-state index contributed by atoms with van der Waals surface area (Å²) in [5.74, 6) is -1.32. The fourth-order valence-electron chi connectivity index (χ4n) is 1.28. The number of carboxylic acid groups (broad SMARTS) is 1. The van der Waals surface area contributed by atoms with Crippen LogP contribution in [0.25, 0.3) is 0 Å². The summed E-state index contributed by atoms with van der Waals surface area (Å²) >= 11 is 0. The van der Waals surface area contributed by atoms with Gasteiger partial charge in [-0.2, -0.15) is 0 Å². The molecule has 0 fully saturated rings. The van der Waals surface area contributed by atoms with Gasteiger partial charge < -0.3 is 20.3 Å². The minimum atomic E-state index is -1.38. The Labute approximate surface area is 104 Å². The molecule has 1 aromatic carbocycles. The van der Waals surface area contributed by atoms with Gasteiger partial charge in [0.1, 0.15) is 6.61 Å². The number of amides is 1. The molecule has 98 valence electrons. The molecule has 0 aliphatic carbocycles. The second-order valence-corrected chi connectivity index (χ2v) is 3.76. The van der Waals surface area contributed by atoms with E-state index in [4.69, 9.17) is 14.9 Å². The molecular weight excluding hydrogens is 238 g/mol. The van der Waals surface area contributed by atoms with E-state index in [2.05, 4.69) is 5.32 Å². The zero-order valence-corrected chi connectivity index (χ0v) is 9.87. The van der Waals surface area contributed by atoms with Crippen molar-refractivity contribution in [2.75, 3.05) is 0 Å². The molecule has 0 bridgehead atoms. The summed E-state index contributed by atoms with van der Waals surface area (Å²) in [6.45, 7) is 1.31. The van der Waals surface area contributed by atoms with Crippen molar-refractivity contribution in [3.8, 4) is 0 Å². The van der Waals surface area contributed by atoms with Gasteiger partial charge in [0.2, 0.25) is 0 Å². The molecule has 0 aromatic heterocycles. The summed E-state index contributed by atoms with van der Waals surface area (Å²) in [6.07, 6.45) is -2.08. The van der Waals surface area contributed by atoms with Crippen LogP contribution in [0.2, 0.25) is 0 Å². The fourth-order valence-corrected chi connectivity index (χ4v) is 1.28. The van der Waals surface area contributed by atoms with E-state index in [-0.39, 0.29) is 6.61 Å². The maximum absolute atomic E-state index is 11.3. The monoisotopic (exact) mass is 253 g/mol. The Kier molecular flexibility index (Phi) is 5.13. The summed E-state index contributed by atoms with van der Waals surface area (Å²) in [4.78, 5) is 22.0.